The molecule has 1 aromatic carbocycles. The van der Waals surface area contributed by atoms with Gasteiger partial charge in [-0.25, -0.2) is 0 Å². The third-order valence-electron chi connectivity index (χ3n) is 4.82. The Labute approximate surface area is 146 Å². The van der Waals surface area contributed by atoms with Crippen molar-refractivity contribution in [3.8, 4) is 0 Å². The number of nitrogens with zero attached hydrogens (tertiary/aromatic N) is 3. The van der Waals surface area contributed by atoms with Gasteiger partial charge in [-0.15, -0.1) is 0 Å². The first-order valence-corrected chi connectivity index (χ1v) is 9.07. The van der Waals surface area contributed by atoms with E-state index in [2.05, 4.69) is 44.5 Å². The third-order valence-corrected chi connectivity index (χ3v) is 5.82. The van der Waals surface area contributed by atoms with E-state index < -0.39 is 0 Å². The number of aromatic nitrogens is 1. The van der Waals surface area contributed by atoms with E-state index in [-0.39, 0.29) is 5.91 Å². The Morgan fingerprint density at radius 3 is 2.70 bits per heavy atom. The molecular weight excluding hydrogens is 354 g/mol. The zero-order valence-corrected chi connectivity index (χ0v) is 15.5. The minimum Gasteiger partial charge on any atom is -0.343 e. The van der Waals surface area contributed by atoms with Crippen molar-refractivity contribution in [1.29, 1.82) is 0 Å². The summed E-state index contributed by atoms with van der Waals surface area (Å²) in [7, 11) is 1.91. The zero-order chi connectivity index (χ0) is 16.4. The van der Waals surface area contributed by atoms with Gasteiger partial charge in [-0.05, 0) is 54.9 Å². The Hall–Kier alpha value is -1.33. The normalized spacial score (nSPS) is 15.4. The summed E-state index contributed by atoms with van der Waals surface area (Å²) in [5.41, 5.74) is 2.21. The highest BCUT2D eigenvalue weighted by atomic mass is 79.9. The molecule has 1 aromatic heterocycles. The van der Waals surface area contributed by atoms with Gasteiger partial charge in [0.05, 0.1) is 0 Å². The van der Waals surface area contributed by atoms with Crippen molar-refractivity contribution >= 4 is 32.7 Å². The summed E-state index contributed by atoms with van der Waals surface area (Å²) in [6.07, 6.45) is 2.58. The number of halogens is 1. The molecule has 1 amide bonds. The van der Waals surface area contributed by atoms with Crippen LogP contribution >= 0.6 is 15.9 Å². The molecule has 23 heavy (non-hydrogen) atoms. The summed E-state index contributed by atoms with van der Waals surface area (Å²) >= 11 is 3.65. The Bertz CT molecular complexity index is 704. The van der Waals surface area contributed by atoms with Gasteiger partial charge in [0, 0.05) is 41.2 Å². The lowest BCUT2D eigenvalue weighted by Crippen LogP contribution is -2.37. The van der Waals surface area contributed by atoms with Crippen molar-refractivity contribution in [2.45, 2.75) is 26.3 Å². The van der Waals surface area contributed by atoms with Crippen molar-refractivity contribution < 1.29 is 4.79 Å². The fourth-order valence-electron chi connectivity index (χ4n) is 3.27. The molecule has 0 bridgehead atoms. The Kier molecular flexibility index (Phi) is 5.07. The zero-order valence-electron chi connectivity index (χ0n) is 13.9. The molecule has 0 aliphatic carbocycles. The van der Waals surface area contributed by atoms with Crippen LogP contribution < -0.4 is 0 Å². The Morgan fingerprint density at radius 1 is 1.26 bits per heavy atom. The Balaban J connectivity index is 1.68. The molecule has 1 fully saturated rings. The number of rotatable bonds is 5. The number of likely N-dealkylation sites (tertiary alicyclic amines) is 1. The van der Waals surface area contributed by atoms with E-state index in [4.69, 9.17) is 0 Å². The lowest BCUT2D eigenvalue weighted by molar-refractivity contribution is -0.130. The fraction of sp³-hybridized carbons (Fsp3) is 0.500. The molecule has 5 heteroatoms. The van der Waals surface area contributed by atoms with E-state index >= 15 is 0 Å². The molecule has 2 heterocycles. The Morgan fingerprint density at radius 2 is 1.96 bits per heavy atom. The molecule has 0 spiro atoms. The minimum absolute atomic E-state index is 0.167. The molecule has 0 atom stereocenters. The first kappa shape index (κ1) is 16.5. The van der Waals surface area contributed by atoms with Gasteiger partial charge in [-0.2, -0.15) is 0 Å². The average Bonchev–Trinajstić information content (AvgIpc) is 3.16. The van der Waals surface area contributed by atoms with Crippen molar-refractivity contribution in [1.82, 2.24) is 14.4 Å². The van der Waals surface area contributed by atoms with Gasteiger partial charge in [-0.1, -0.05) is 18.2 Å². The first-order valence-electron chi connectivity index (χ1n) is 8.27. The van der Waals surface area contributed by atoms with Crippen LogP contribution in [0.3, 0.4) is 0 Å². The standard InChI is InChI=1S/C18H24BrN3O/c1-14-18(19)15-7-3-4-8-16(15)22(14)13-17(23)20(2)11-12-21-9-5-6-10-21/h3-4,7-8H,5-6,9-13H2,1-2H3. The summed E-state index contributed by atoms with van der Waals surface area (Å²) < 4.78 is 3.19. The summed E-state index contributed by atoms with van der Waals surface area (Å²) in [6, 6.07) is 8.21. The number of fused-ring (bicyclic) bond motifs is 1. The number of para-hydroxylation sites is 1. The van der Waals surface area contributed by atoms with Crippen molar-refractivity contribution in [2.24, 2.45) is 0 Å². The smallest absolute Gasteiger partial charge is 0.242 e. The van der Waals surface area contributed by atoms with Crippen LogP contribution in [0, 0.1) is 6.92 Å². The van der Waals surface area contributed by atoms with Crippen LogP contribution in [-0.2, 0) is 11.3 Å². The van der Waals surface area contributed by atoms with E-state index in [0.717, 1.165) is 34.2 Å². The van der Waals surface area contributed by atoms with Crippen molar-refractivity contribution in [3.63, 3.8) is 0 Å². The molecule has 1 saturated heterocycles. The minimum atomic E-state index is 0.167. The molecule has 2 aromatic rings. The summed E-state index contributed by atoms with van der Waals surface area (Å²) in [5.74, 6) is 0.167. The van der Waals surface area contributed by atoms with Gasteiger partial charge in [0.15, 0.2) is 0 Å². The van der Waals surface area contributed by atoms with Gasteiger partial charge < -0.3 is 14.4 Å². The number of carbonyl (C=O) groups excluding carboxylic acids is 1. The highest BCUT2D eigenvalue weighted by Gasteiger charge is 2.17. The molecule has 0 radical (unpaired) electrons. The first-order chi connectivity index (χ1) is 11.1. The van der Waals surface area contributed by atoms with Crippen LogP contribution in [-0.4, -0.2) is 53.5 Å². The highest BCUT2D eigenvalue weighted by Crippen LogP contribution is 2.30. The maximum atomic E-state index is 12.6. The SMILES string of the molecule is Cc1c(Br)c2ccccc2n1CC(=O)N(C)CCN1CCCC1. The lowest BCUT2D eigenvalue weighted by atomic mass is 10.2. The van der Waals surface area contributed by atoms with E-state index in [9.17, 15) is 4.79 Å². The van der Waals surface area contributed by atoms with Crippen LogP contribution in [0.4, 0.5) is 0 Å². The predicted molar refractivity (Wildman–Crippen MR) is 97.7 cm³/mol. The number of hydrogen-bond donors (Lipinski definition) is 0. The van der Waals surface area contributed by atoms with Crippen LogP contribution in [0.25, 0.3) is 10.9 Å². The van der Waals surface area contributed by atoms with Gasteiger partial charge in [-0.3, -0.25) is 4.79 Å². The predicted octanol–water partition coefficient (Wildman–Crippen LogP) is 3.27. The second kappa shape index (κ2) is 7.05. The number of carbonyl (C=O) groups is 1. The quantitative estimate of drug-likeness (QED) is 0.799. The van der Waals surface area contributed by atoms with Gasteiger partial charge >= 0.3 is 0 Å². The second-order valence-corrected chi connectivity index (χ2v) is 7.16. The van der Waals surface area contributed by atoms with Crippen LogP contribution in [0.15, 0.2) is 28.7 Å². The molecule has 1 aliphatic heterocycles. The molecular formula is C18H24BrN3O. The van der Waals surface area contributed by atoms with Crippen LogP contribution in [0.1, 0.15) is 18.5 Å². The molecule has 1 aliphatic rings. The van der Waals surface area contributed by atoms with Gasteiger partial charge in [0.25, 0.3) is 0 Å². The molecule has 3 rings (SSSR count). The van der Waals surface area contributed by atoms with Crippen molar-refractivity contribution in [2.75, 3.05) is 33.2 Å². The van der Waals surface area contributed by atoms with E-state index in [0.29, 0.717) is 6.54 Å². The van der Waals surface area contributed by atoms with E-state index in [1.165, 1.54) is 25.9 Å². The molecule has 0 saturated carbocycles. The lowest BCUT2D eigenvalue weighted by Gasteiger charge is -2.22. The molecule has 4 nitrogen and oxygen atoms in total. The van der Waals surface area contributed by atoms with Crippen LogP contribution in [0.2, 0.25) is 0 Å². The van der Waals surface area contributed by atoms with E-state index in [1.54, 1.807) is 0 Å². The monoisotopic (exact) mass is 377 g/mol. The molecule has 0 N–H and O–H groups in total. The summed E-state index contributed by atoms with van der Waals surface area (Å²) in [6.45, 7) is 6.60. The highest BCUT2D eigenvalue weighted by molar-refractivity contribution is 9.10. The number of benzene rings is 1. The number of amides is 1. The number of likely N-dealkylation sites (N-methyl/N-ethyl adjacent to an activating group) is 1. The molecule has 124 valence electrons. The topological polar surface area (TPSA) is 28.5 Å². The third kappa shape index (κ3) is 3.45. The fourth-order valence-corrected chi connectivity index (χ4v) is 3.82. The molecule has 0 unspecified atom stereocenters. The largest absolute Gasteiger partial charge is 0.343 e. The van der Waals surface area contributed by atoms with Crippen molar-refractivity contribution in [3.05, 3.63) is 34.4 Å². The average molecular weight is 378 g/mol. The summed E-state index contributed by atoms with van der Waals surface area (Å²) in [4.78, 5) is 16.9. The number of hydrogen-bond acceptors (Lipinski definition) is 2. The van der Waals surface area contributed by atoms with Gasteiger partial charge in [0.2, 0.25) is 5.91 Å². The maximum Gasteiger partial charge on any atom is 0.242 e. The summed E-state index contributed by atoms with van der Waals surface area (Å²) in [5, 5.41) is 1.16. The maximum absolute atomic E-state index is 12.6. The van der Waals surface area contributed by atoms with Gasteiger partial charge in [0.1, 0.15) is 6.54 Å². The second-order valence-electron chi connectivity index (χ2n) is 6.37. The van der Waals surface area contributed by atoms with E-state index in [1.807, 2.05) is 24.1 Å². The van der Waals surface area contributed by atoms with Crippen LogP contribution in [0.5, 0.6) is 0 Å².